The van der Waals surface area contributed by atoms with Gasteiger partial charge in [0, 0.05) is 28.0 Å². The Labute approximate surface area is 167 Å². The molecule has 1 saturated heterocycles. The number of hydrogen-bond donors (Lipinski definition) is 5. The number of aliphatic hydroxyl groups excluding tert-OH is 2. The molecule has 2 aromatic carbocycles. The molecule has 0 unspecified atom stereocenters. The quantitative estimate of drug-likeness (QED) is 0.462. The summed E-state index contributed by atoms with van der Waals surface area (Å²) >= 11 is 6.11. The van der Waals surface area contributed by atoms with Gasteiger partial charge in [0.25, 0.3) is 0 Å². The summed E-state index contributed by atoms with van der Waals surface area (Å²) < 4.78 is 5.54. The first kappa shape index (κ1) is 19.0. The van der Waals surface area contributed by atoms with Gasteiger partial charge < -0.3 is 30.4 Å². The van der Waals surface area contributed by atoms with E-state index >= 15 is 0 Å². The Kier molecular flexibility index (Phi) is 4.91. The fourth-order valence-corrected chi connectivity index (χ4v) is 3.73. The Morgan fingerprint density at radius 3 is 2.57 bits per heavy atom. The van der Waals surface area contributed by atoms with E-state index in [1.165, 1.54) is 0 Å². The molecule has 0 aliphatic carbocycles. The van der Waals surface area contributed by atoms with Crippen LogP contribution in [0.4, 0.5) is 11.4 Å². The first-order valence-corrected chi connectivity index (χ1v) is 9.34. The summed E-state index contributed by atoms with van der Waals surface area (Å²) in [6, 6.07) is 16.3. The van der Waals surface area contributed by atoms with Crippen LogP contribution in [-0.2, 0) is 10.5 Å². The first-order chi connectivity index (χ1) is 13.4. The minimum absolute atomic E-state index is 0.337. The van der Waals surface area contributed by atoms with Crippen LogP contribution in [0.15, 0.2) is 60.8 Å². The standard InChI is InChI=1S/C21H21ClN2O4/c1-12-19(25)20(26)21(27,28-12)15-7-2-3-8-16(15)24-17-9-10-23-18(17)13-5-4-6-14(22)11-13/h2-12,19-20,23-27H,1H3/t12-,19-,20-,21+/m1/s1. The van der Waals surface area contributed by atoms with Crippen molar-refractivity contribution in [3.05, 3.63) is 71.4 Å². The summed E-state index contributed by atoms with van der Waals surface area (Å²) in [5.41, 5.74) is 3.37. The van der Waals surface area contributed by atoms with Gasteiger partial charge in [0.2, 0.25) is 5.79 Å². The predicted octanol–water partition coefficient (Wildman–Crippen LogP) is 3.36. The van der Waals surface area contributed by atoms with Crippen LogP contribution < -0.4 is 5.32 Å². The molecule has 1 aromatic heterocycles. The molecule has 0 spiro atoms. The molecule has 0 saturated carbocycles. The number of ether oxygens (including phenoxy) is 1. The van der Waals surface area contributed by atoms with Crippen molar-refractivity contribution >= 4 is 23.0 Å². The van der Waals surface area contributed by atoms with E-state index in [0.717, 1.165) is 16.9 Å². The minimum atomic E-state index is -2.02. The van der Waals surface area contributed by atoms with E-state index in [-0.39, 0.29) is 0 Å². The van der Waals surface area contributed by atoms with E-state index in [0.29, 0.717) is 16.3 Å². The third-order valence-electron chi connectivity index (χ3n) is 5.01. The topological polar surface area (TPSA) is 97.7 Å². The van der Waals surface area contributed by atoms with Crippen molar-refractivity contribution in [3.8, 4) is 11.3 Å². The number of rotatable bonds is 4. The smallest absolute Gasteiger partial charge is 0.224 e. The molecule has 7 heteroatoms. The van der Waals surface area contributed by atoms with Gasteiger partial charge in [0.05, 0.1) is 17.5 Å². The second-order valence-corrected chi connectivity index (χ2v) is 7.34. The van der Waals surface area contributed by atoms with Gasteiger partial charge in [-0.15, -0.1) is 0 Å². The number of nitrogens with one attached hydrogen (secondary N) is 2. The molecule has 1 aliphatic heterocycles. The van der Waals surface area contributed by atoms with Crippen LogP contribution in [0.1, 0.15) is 12.5 Å². The maximum absolute atomic E-state index is 11.0. The van der Waals surface area contributed by atoms with Gasteiger partial charge in [0.1, 0.15) is 12.2 Å². The maximum atomic E-state index is 11.0. The van der Waals surface area contributed by atoms with Crippen LogP contribution in [0, 0.1) is 0 Å². The van der Waals surface area contributed by atoms with Crippen LogP contribution in [0.2, 0.25) is 5.02 Å². The van der Waals surface area contributed by atoms with Crippen LogP contribution in [-0.4, -0.2) is 38.6 Å². The molecular weight excluding hydrogens is 380 g/mol. The lowest BCUT2D eigenvalue weighted by atomic mass is 9.96. The number of aliphatic hydroxyl groups is 3. The maximum Gasteiger partial charge on any atom is 0.224 e. The molecule has 1 fully saturated rings. The molecule has 4 rings (SSSR count). The lowest BCUT2D eigenvalue weighted by Crippen LogP contribution is -2.41. The van der Waals surface area contributed by atoms with Gasteiger partial charge in [0.15, 0.2) is 0 Å². The Bertz CT molecular complexity index is 992. The molecule has 0 bridgehead atoms. The van der Waals surface area contributed by atoms with Crippen LogP contribution in [0.5, 0.6) is 0 Å². The lowest BCUT2D eigenvalue weighted by Gasteiger charge is -2.28. The summed E-state index contributed by atoms with van der Waals surface area (Å²) in [5, 5.41) is 35.4. The molecule has 3 aromatic rings. The zero-order valence-electron chi connectivity index (χ0n) is 15.1. The second kappa shape index (κ2) is 7.24. The van der Waals surface area contributed by atoms with Gasteiger partial charge in [-0.3, -0.25) is 0 Å². The highest BCUT2D eigenvalue weighted by atomic mass is 35.5. The summed E-state index contributed by atoms with van der Waals surface area (Å²) in [6.45, 7) is 1.60. The van der Waals surface area contributed by atoms with Crippen molar-refractivity contribution in [2.24, 2.45) is 0 Å². The van der Waals surface area contributed by atoms with Gasteiger partial charge >= 0.3 is 0 Å². The van der Waals surface area contributed by atoms with Crippen molar-refractivity contribution in [2.75, 3.05) is 5.32 Å². The molecule has 6 nitrogen and oxygen atoms in total. The van der Waals surface area contributed by atoms with E-state index in [1.807, 2.05) is 30.3 Å². The highest BCUT2D eigenvalue weighted by molar-refractivity contribution is 6.30. The van der Waals surface area contributed by atoms with Gasteiger partial charge in [-0.25, -0.2) is 0 Å². The molecule has 5 N–H and O–H groups in total. The first-order valence-electron chi connectivity index (χ1n) is 8.96. The summed E-state index contributed by atoms with van der Waals surface area (Å²) in [7, 11) is 0. The van der Waals surface area contributed by atoms with Crippen molar-refractivity contribution in [3.63, 3.8) is 0 Å². The van der Waals surface area contributed by atoms with E-state index in [1.54, 1.807) is 37.4 Å². The average Bonchev–Trinajstić information content (AvgIpc) is 3.22. The lowest BCUT2D eigenvalue weighted by molar-refractivity contribution is -0.234. The fourth-order valence-electron chi connectivity index (χ4n) is 3.54. The number of halogens is 1. The Hall–Kier alpha value is -2.35. The van der Waals surface area contributed by atoms with E-state index in [9.17, 15) is 15.3 Å². The molecule has 146 valence electrons. The van der Waals surface area contributed by atoms with Crippen molar-refractivity contribution < 1.29 is 20.1 Å². The Morgan fingerprint density at radius 2 is 1.86 bits per heavy atom. The minimum Gasteiger partial charge on any atom is -0.387 e. The zero-order chi connectivity index (χ0) is 19.9. The van der Waals surface area contributed by atoms with E-state index in [2.05, 4.69) is 10.3 Å². The third kappa shape index (κ3) is 3.19. The molecular formula is C21H21ClN2O4. The highest BCUT2D eigenvalue weighted by Gasteiger charge is 2.53. The van der Waals surface area contributed by atoms with Crippen LogP contribution in [0.25, 0.3) is 11.3 Å². The molecule has 1 aliphatic rings. The number of hydrogen-bond acceptors (Lipinski definition) is 5. The van der Waals surface area contributed by atoms with Crippen molar-refractivity contribution in [1.82, 2.24) is 4.98 Å². The SMILES string of the molecule is C[C@H]1O[C@@](O)(c2ccccc2Nc2cc[nH]c2-c2cccc(Cl)c2)[C@H](O)[C@@H]1O. The average molecular weight is 401 g/mol. The monoisotopic (exact) mass is 400 g/mol. The summed E-state index contributed by atoms with van der Waals surface area (Å²) in [5.74, 6) is -2.02. The number of H-pyrrole nitrogens is 1. The number of aromatic amines is 1. The molecule has 4 atom stereocenters. The molecule has 28 heavy (non-hydrogen) atoms. The summed E-state index contributed by atoms with van der Waals surface area (Å²) in [6.07, 6.45) is -1.57. The molecule has 2 heterocycles. The number of para-hydroxylation sites is 1. The predicted molar refractivity (Wildman–Crippen MR) is 107 cm³/mol. The number of aromatic nitrogens is 1. The van der Waals surface area contributed by atoms with Gasteiger partial charge in [-0.05, 0) is 31.2 Å². The highest BCUT2D eigenvalue weighted by Crippen LogP contribution is 2.42. The Morgan fingerprint density at radius 1 is 1.07 bits per heavy atom. The van der Waals surface area contributed by atoms with Crippen LogP contribution >= 0.6 is 11.6 Å². The largest absolute Gasteiger partial charge is 0.387 e. The second-order valence-electron chi connectivity index (χ2n) is 6.90. The molecule has 0 radical (unpaired) electrons. The normalized spacial score (nSPS) is 27.1. The van der Waals surface area contributed by atoms with Crippen LogP contribution in [0.3, 0.4) is 0 Å². The number of benzene rings is 2. The van der Waals surface area contributed by atoms with Crippen molar-refractivity contribution in [1.29, 1.82) is 0 Å². The van der Waals surface area contributed by atoms with E-state index in [4.69, 9.17) is 16.3 Å². The third-order valence-corrected chi connectivity index (χ3v) is 5.25. The van der Waals surface area contributed by atoms with E-state index < -0.39 is 24.1 Å². The van der Waals surface area contributed by atoms with Gasteiger partial charge in [-0.1, -0.05) is 41.9 Å². The van der Waals surface area contributed by atoms with Crippen molar-refractivity contribution in [2.45, 2.75) is 31.0 Å². The summed E-state index contributed by atoms with van der Waals surface area (Å²) in [4.78, 5) is 3.19. The number of anilines is 2. The fraction of sp³-hybridized carbons (Fsp3) is 0.238. The van der Waals surface area contributed by atoms with Gasteiger partial charge in [-0.2, -0.15) is 0 Å². The Balaban J connectivity index is 1.72. The molecule has 0 amide bonds. The zero-order valence-corrected chi connectivity index (χ0v) is 15.9.